The molecule has 2 aromatic carbocycles. The molecule has 1 fully saturated rings. The molecule has 1 aliphatic rings. The average Bonchev–Trinajstić information content (AvgIpc) is 2.93. The van der Waals surface area contributed by atoms with Gasteiger partial charge in [-0.1, -0.05) is 36.4 Å². The number of carbonyl (C=O) groups excluding carboxylic acids is 2. The molecular weight excluding hydrogens is 328 g/mol. The number of alkyl halides is 2. The zero-order valence-corrected chi connectivity index (χ0v) is 13.2. The Morgan fingerprint density at radius 1 is 1.24 bits per heavy atom. The summed E-state index contributed by atoms with van der Waals surface area (Å²) >= 11 is 0. The lowest BCUT2D eigenvalue weighted by Gasteiger charge is -2.19. The molecule has 0 saturated carbocycles. The average molecular weight is 343 g/mol. The zero-order chi connectivity index (χ0) is 18.0. The van der Waals surface area contributed by atoms with Crippen LogP contribution in [-0.2, 0) is 4.79 Å². The predicted octanol–water partition coefficient (Wildman–Crippen LogP) is 2.33. The Hall–Kier alpha value is -3.01. The lowest BCUT2D eigenvalue weighted by Crippen LogP contribution is -2.43. The normalized spacial score (nSPS) is 18.8. The SMILES string of the molecule is N#CC1CC(F)(F)CN1C(=O)CNC(=O)c1cccc2ccccc12. The summed E-state index contributed by atoms with van der Waals surface area (Å²) < 4.78 is 26.8. The molecule has 1 unspecified atom stereocenters. The van der Waals surface area contributed by atoms with E-state index in [1.165, 1.54) is 0 Å². The number of halogens is 2. The van der Waals surface area contributed by atoms with Gasteiger partial charge in [0.2, 0.25) is 5.91 Å². The van der Waals surface area contributed by atoms with Crippen molar-refractivity contribution in [3.63, 3.8) is 0 Å². The van der Waals surface area contributed by atoms with Crippen molar-refractivity contribution < 1.29 is 18.4 Å². The van der Waals surface area contributed by atoms with Gasteiger partial charge in [0.05, 0.1) is 19.2 Å². The predicted molar refractivity (Wildman–Crippen MR) is 87.0 cm³/mol. The molecule has 0 aromatic heterocycles. The number of hydrogen-bond acceptors (Lipinski definition) is 3. The topological polar surface area (TPSA) is 73.2 Å². The van der Waals surface area contributed by atoms with E-state index in [1.54, 1.807) is 30.3 Å². The van der Waals surface area contributed by atoms with Crippen molar-refractivity contribution in [2.45, 2.75) is 18.4 Å². The molecule has 1 heterocycles. The summed E-state index contributed by atoms with van der Waals surface area (Å²) in [5, 5.41) is 13.0. The molecule has 0 spiro atoms. The summed E-state index contributed by atoms with van der Waals surface area (Å²) in [7, 11) is 0. The van der Waals surface area contributed by atoms with Crippen molar-refractivity contribution in [2.75, 3.05) is 13.1 Å². The van der Waals surface area contributed by atoms with E-state index in [-0.39, 0.29) is 0 Å². The fraction of sp³-hybridized carbons (Fsp3) is 0.278. The van der Waals surface area contributed by atoms with E-state index in [4.69, 9.17) is 5.26 Å². The van der Waals surface area contributed by atoms with E-state index >= 15 is 0 Å². The molecule has 0 bridgehead atoms. The summed E-state index contributed by atoms with van der Waals surface area (Å²) in [4.78, 5) is 25.3. The molecule has 2 aromatic rings. The lowest BCUT2D eigenvalue weighted by molar-refractivity contribution is -0.131. The van der Waals surface area contributed by atoms with Gasteiger partial charge in [-0.3, -0.25) is 9.59 Å². The molecule has 1 saturated heterocycles. The maximum Gasteiger partial charge on any atom is 0.268 e. The fourth-order valence-electron chi connectivity index (χ4n) is 2.97. The minimum Gasteiger partial charge on any atom is -0.343 e. The van der Waals surface area contributed by atoms with Gasteiger partial charge in [0.1, 0.15) is 6.04 Å². The maximum absolute atomic E-state index is 13.4. The second-order valence-corrected chi connectivity index (χ2v) is 5.94. The van der Waals surface area contributed by atoms with Crippen LogP contribution in [0, 0.1) is 11.3 Å². The second kappa shape index (κ2) is 6.48. The Balaban J connectivity index is 1.70. The number of likely N-dealkylation sites (tertiary alicyclic amines) is 1. The highest BCUT2D eigenvalue weighted by atomic mass is 19.3. The first-order chi connectivity index (χ1) is 11.9. The molecule has 1 N–H and O–H groups in total. The van der Waals surface area contributed by atoms with Crippen LogP contribution in [0.25, 0.3) is 10.8 Å². The third kappa shape index (κ3) is 3.43. The van der Waals surface area contributed by atoms with E-state index in [0.717, 1.165) is 15.7 Å². The molecule has 25 heavy (non-hydrogen) atoms. The molecule has 2 amide bonds. The van der Waals surface area contributed by atoms with E-state index in [2.05, 4.69) is 5.32 Å². The van der Waals surface area contributed by atoms with Crippen molar-refractivity contribution in [3.05, 3.63) is 48.0 Å². The van der Waals surface area contributed by atoms with Gasteiger partial charge in [0, 0.05) is 12.0 Å². The molecule has 1 aliphatic heterocycles. The largest absolute Gasteiger partial charge is 0.343 e. The molecule has 7 heteroatoms. The van der Waals surface area contributed by atoms with Crippen LogP contribution in [0.1, 0.15) is 16.8 Å². The van der Waals surface area contributed by atoms with E-state index in [1.807, 2.05) is 18.2 Å². The summed E-state index contributed by atoms with van der Waals surface area (Å²) in [6.45, 7) is -1.23. The van der Waals surface area contributed by atoms with Gasteiger partial charge in [-0.15, -0.1) is 0 Å². The van der Waals surface area contributed by atoms with E-state index < -0.39 is 43.3 Å². The first-order valence-corrected chi connectivity index (χ1v) is 7.74. The van der Waals surface area contributed by atoms with Crippen LogP contribution in [-0.4, -0.2) is 41.8 Å². The van der Waals surface area contributed by atoms with Gasteiger partial charge < -0.3 is 10.2 Å². The number of benzene rings is 2. The van der Waals surface area contributed by atoms with Crippen molar-refractivity contribution in [1.82, 2.24) is 10.2 Å². The van der Waals surface area contributed by atoms with Gasteiger partial charge in [-0.25, -0.2) is 8.78 Å². The Morgan fingerprint density at radius 2 is 1.96 bits per heavy atom. The van der Waals surface area contributed by atoms with Crippen LogP contribution in [0.15, 0.2) is 42.5 Å². The van der Waals surface area contributed by atoms with Crippen molar-refractivity contribution >= 4 is 22.6 Å². The summed E-state index contributed by atoms with van der Waals surface area (Å²) in [5.41, 5.74) is 0.398. The third-order valence-corrected chi connectivity index (χ3v) is 4.17. The van der Waals surface area contributed by atoms with Gasteiger partial charge in [0.15, 0.2) is 0 Å². The Bertz CT molecular complexity index is 871. The Kier molecular flexibility index (Phi) is 4.36. The number of carbonyl (C=O) groups is 2. The Morgan fingerprint density at radius 3 is 2.72 bits per heavy atom. The highest BCUT2D eigenvalue weighted by molar-refractivity contribution is 6.07. The molecule has 128 valence electrons. The van der Waals surface area contributed by atoms with Crippen LogP contribution in [0.4, 0.5) is 8.78 Å². The quantitative estimate of drug-likeness (QED) is 0.930. The monoisotopic (exact) mass is 343 g/mol. The minimum absolute atomic E-state index is 0.398. The number of amides is 2. The van der Waals surface area contributed by atoms with Crippen LogP contribution in [0.2, 0.25) is 0 Å². The van der Waals surface area contributed by atoms with Gasteiger partial charge in [0.25, 0.3) is 11.8 Å². The molecule has 0 radical (unpaired) electrons. The van der Waals surface area contributed by atoms with Crippen LogP contribution in [0.3, 0.4) is 0 Å². The minimum atomic E-state index is -3.07. The fourth-order valence-corrected chi connectivity index (χ4v) is 2.97. The highest BCUT2D eigenvalue weighted by Gasteiger charge is 2.47. The number of rotatable bonds is 3. The zero-order valence-electron chi connectivity index (χ0n) is 13.2. The smallest absolute Gasteiger partial charge is 0.268 e. The summed E-state index contributed by atoms with van der Waals surface area (Å²) in [6.07, 6.45) is -0.674. The van der Waals surface area contributed by atoms with E-state index in [9.17, 15) is 18.4 Å². The number of fused-ring (bicyclic) bond motifs is 1. The van der Waals surface area contributed by atoms with Crippen molar-refractivity contribution in [3.8, 4) is 6.07 Å². The molecule has 1 atom stereocenters. The third-order valence-electron chi connectivity index (χ3n) is 4.17. The summed E-state index contributed by atoms with van der Waals surface area (Å²) in [6, 6.07) is 13.1. The number of nitrogens with one attached hydrogen (secondary N) is 1. The van der Waals surface area contributed by atoms with E-state index in [0.29, 0.717) is 5.56 Å². The number of hydrogen-bond donors (Lipinski definition) is 1. The first-order valence-electron chi connectivity index (χ1n) is 7.74. The number of nitriles is 1. The van der Waals surface area contributed by atoms with Crippen molar-refractivity contribution in [2.24, 2.45) is 0 Å². The van der Waals surface area contributed by atoms with Gasteiger partial charge >= 0.3 is 0 Å². The maximum atomic E-state index is 13.4. The molecule has 5 nitrogen and oxygen atoms in total. The summed E-state index contributed by atoms with van der Waals surface area (Å²) in [5.74, 6) is -4.24. The van der Waals surface area contributed by atoms with Crippen molar-refractivity contribution in [1.29, 1.82) is 5.26 Å². The highest BCUT2D eigenvalue weighted by Crippen LogP contribution is 2.31. The standard InChI is InChI=1S/C18H15F2N3O2/c19-18(20)8-13(9-21)23(11-18)16(24)10-22-17(25)15-7-3-5-12-4-1-2-6-14(12)15/h1-7,13H,8,10-11H2,(H,22,25). The Labute approximate surface area is 142 Å². The van der Waals surface area contributed by atoms with Crippen LogP contribution >= 0.6 is 0 Å². The van der Waals surface area contributed by atoms with Crippen LogP contribution < -0.4 is 5.32 Å². The first kappa shape index (κ1) is 16.8. The number of nitrogens with zero attached hydrogens (tertiary/aromatic N) is 2. The second-order valence-electron chi connectivity index (χ2n) is 5.94. The van der Waals surface area contributed by atoms with Crippen LogP contribution in [0.5, 0.6) is 0 Å². The molecular formula is C18H15F2N3O2. The lowest BCUT2D eigenvalue weighted by atomic mass is 10.0. The molecule has 3 rings (SSSR count). The molecule has 0 aliphatic carbocycles. The van der Waals surface area contributed by atoms with Gasteiger partial charge in [-0.2, -0.15) is 5.26 Å². The van der Waals surface area contributed by atoms with Gasteiger partial charge in [-0.05, 0) is 16.8 Å².